The maximum Gasteiger partial charge on any atom is 0.260 e. The zero-order chi connectivity index (χ0) is 10.0. The molecule has 1 aromatic heterocycles. The van der Waals surface area contributed by atoms with Gasteiger partial charge in [-0.25, -0.2) is 0 Å². The van der Waals surface area contributed by atoms with Crippen LogP contribution in [0.5, 0.6) is 5.75 Å². The second-order valence-corrected chi connectivity index (χ2v) is 2.45. The highest BCUT2D eigenvalue weighted by Gasteiger charge is 2.16. The van der Waals surface area contributed by atoms with Crippen molar-refractivity contribution in [1.29, 1.82) is 0 Å². The summed E-state index contributed by atoms with van der Waals surface area (Å²) in [6, 6.07) is 0. The average Bonchev–Trinajstić information content (AvgIpc) is 2.43. The lowest BCUT2D eigenvalue weighted by molar-refractivity contribution is 0.0904. The zero-order valence-electron chi connectivity index (χ0n) is 7.02. The Morgan fingerprint density at radius 3 is 2.77 bits per heavy atom. The molecule has 0 fully saturated rings. The second kappa shape index (κ2) is 3.36. The third-order valence-corrected chi connectivity index (χ3v) is 1.63. The number of nitrogens with two attached hydrogens (primary N) is 1. The first-order valence-corrected chi connectivity index (χ1v) is 3.58. The molecule has 6 nitrogen and oxygen atoms in total. The van der Waals surface area contributed by atoms with Gasteiger partial charge in [0, 0.05) is 0 Å². The molecule has 3 N–H and O–H groups in total. The summed E-state index contributed by atoms with van der Waals surface area (Å²) in [5, 5.41) is 12.8. The molecule has 0 spiro atoms. The highest BCUT2D eigenvalue weighted by Crippen LogP contribution is 2.18. The zero-order valence-corrected chi connectivity index (χ0v) is 7.02. The van der Waals surface area contributed by atoms with Crippen LogP contribution in [0.4, 0.5) is 0 Å². The van der Waals surface area contributed by atoms with E-state index in [4.69, 9.17) is 5.73 Å². The minimum atomic E-state index is -0.471. The first-order valence-electron chi connectivity index (χ1n) is 3.58. The van der Waals surface area contributed by atoms with E-state index in [1.807, 2.05) is 0 Å². The van der Waals surface area contributed by atoms with Crippen molar-refractivity contribution in [2.24, 2.45) is 5.73 Å². The van der Waals surface area contributed by atoms with Crippen LogP contribution in [0, 0.1) is 6.92 Å². The van der Waals surface area contributed by atoms with Gasteiger partial charge in [0.15, 0.2) is 17.7 Å². The van der Waals surface area contributed by atoms with Gasteiger partial charge in [-0.05, 0) is 6.92 Å². The van der Waals surface area contributed by atoms with Crippen LogP contribution in [0.1, 0.15) is 21.0 Å². The minimum Gasteiger partial charge on any atom is -0.504 e. The predicted molar refractivity (Wildman–Crippen MR) is 43.7 cm³/mol. The van der Waals surface area contributed by atoms with Crippen molar-refractivity contribution >= 4 is 12.2 Å². The van der Waals surface area contributed by atoms with Crippen LogP contribution in [0.3, 0.4) is 0 Å². The normalized spacial score (nSPS) is 10.0. The summed E-state index contributed by atoms with van der Waals surface area (Å²) < 4.78 is 0.916. The van der Waals surface area contributed by atoms with Crippen LogP contribution in [0.15, 0.2) is 0 Å². The van der Waals surface area contributed by atoms with Crippen LogP contribution >= 0.6 is 0 Å². The fourth-order valence-electron chi connectivity index (χ4n) is 0.924. The maximum atomic E-state index is 11.1. The molecule has 0 saturated carbocycles. The van der Waals surface area contributed by atoms with E-state index in [0.717, 1.165) is 4.68 Å². The molecule has 0 bridgehead atoms. The molecule has 6 heteroatoms. The second-order valence-electron chi connectivity index (χ2n) is 2.45. The molecule has 0 radical (unpaired) electrons. The Balaban J connectivity index is 3.24. The van der Waals surface area contributed by atoms with Gasteiger partial charge in [0.1, 0.15) is 0 Å². The molecule has 0 aromatic carbocycles. The third kappa shape index (κ3) is 1.43. The van der Waals surface area contributed by atoms with Crippen molar-refractivity contribution in [3.8, 4) is 5.75 Å². The Hall–Kier alpha value is -1.69. The topological polar surface area (TPSA) is 98.2 Å². The average molecular weight is 183 g/mol. The summed E-state index contributed by atoms with van der Waals surface area (Å²) in [4.78, 5) is 21.4. The van der Waals surface area contributed by atoms with Crippen LogP contribution in [-0.4, -0.2) is 33.6 Å². The van der Waals surface area contributed by atoms with E-state index >= 15 is 0 Å². The van der Waals surface area contributed by atoms with E-state index in [9.17, 15) is 14.7 Å². The van der Waals surface area contributed by atoms with Gasteiger partial charge in [-0.15, -0.1) is 0 Å². The minimum absolute atomic E-state index is 0.153. The Labute approximate surface area is 74.0 Å². The van der Waals surface area contributed by atoms with Gasteiger partial charge < -0.3 is 10.8 Å². The molecule has 0 aliphatic carbocycles. The molecular weight excluding hydrogens is 174 g/mol. The van der Waals surface area contributed by atoms with Crippen LogP contribution in [-0.2, 0) is 0 Å². The standard InChI is InChI=1S/C7H9N3O3/c1-4-7(13)5(3-11)9-10(4)6(12)2-8/h3,13H,2,8H2,1H3. The summed E-state index contributed by atoms with van der Waals surface area (Å²) in [5.41, 5.74) is 5.16. The number of aromatic hydroxyl groups is 1. The summed E-state index contributed by atoms with van der Waals surface area (Å²) in [6.07, 6.45) is 0.378. The van der Waals surface area contributed by atoms with Gasteiger partial charge in [-0.3, -0.25) is 9.59 Å². The number of carbonyl (C=O) groups excluding carboxylic acids is 2. The van der Waals surface area contributed by atoms with Crippen LogP contribution < -0.4 is 5.73 Å². The van der Waals surface area contributed by atoms with Crippen molar-refractivity contribution in [2.75, 3.05) is 6.54 Å². The van der Waals surface area contributed by atoms with Gasteiger partial charge in [0.05, 0.1) is 12.2 Å². The van der Waals surface area contributed by atoms with E-state index in [-0.39, 0.29) is 23.7 Å². The van der Waals surface area contributed by atoms with Crippen molar-refractivity contribution < 1.29 is 14.7 Å². The van der Waals surface area contributed by atoms with Gasteiger partial charge in [0.2, 0.25) is 0 Å². The molecule has 1 heterocycles. The molecule has 0 saturated heterocycles. The number of aromatic nitrogens is 2. The van der Waals surface area contributed by atoms with E-state index in [1.54, 1.807) is 0 Å². The van der Waals surface area contributed by atoms with Crippen molar-refractivity contribution in [1.82, 2.24) is 9.78 Å². The maximum absolute atomic E-state index is 11.1. The fraction of sp³-hybridized carbons (Fsp3) is 0.286. The Bertz CT molecular complexity index is 356. The first-order chi connectivity index (χ1) is 6.11. The smallest absolute Gasteiger partial charge is 0.260 e. The van der Waals surface area contributed by atoms with Crippen LogP contribution in [0.25, 0.3) is 0 Å². The van der Waals surface area contributed by atoms with E-state index in [0.29, 0.717) is 6.29 Å². The SMILES string of the molecule is Cc1c(O)c(C=O)nn1C(=O)CN. The number of aldehydes is 1. The lowest BCUT2D eigenvalue weighted by Gasteiger charge is -1.97. The third-order valence-electron chi connectivity index (χ3n) is 1.63. The molecule has 70 valence electrons. The van der Waals surface area contributed by atoms with E-state index in [2.05, 4.69) is 5.10 Å². The summed E-state index contributed by atoms with van der Waals surface area (Å²) in [6.45, 7) is 1.25. The molecule has 0 aliphatic heterocycles. The molecule has 1 aromatic rings. The number of hydrogen-bond donors (Lipinski definition) is 2. The highest BCUT2D eigenvalue weighted by molar-refractivity contribution is 5.84. The summed E-state index contributed by atoms with van der Waals surface area (Å²) >= 11 is 0. The van der Waals surface area contributed by atoms with E-state index < -0.39 is 5.91 Å². The monoisotopic (exact) mass is 183 g/mol. The number of hydrogen-bond acceptors (Lipinski definition) is 5. The molecular formula is C7H9N3O3. The summed E-state index contributed by atoms with van der Waals surface area (Å²) in [5.74, 6) is -0.752. The van der Waals surface area contributed by atoms with Gasteiger partial charge >= 0.3 is 0 Å². The van der Waals surface area contributed by atoms with E-state index in [1.165, 1.54) is 6.92 Å². The Kier molecular flexibility index (Phi) is 2.43. The van der Waals surface area contributed by atoms with Gasteiger partial charge in [-0.2, -0.15) is 9.78 Å². The molecule has 0 unspecified atom stereocenters. The Morgan fingerprint density at radius 1 is 1.77 bits per heavy atom. The number of nitrogens with zero attached hydrogens (tertiary/aromatic N) is 2. The van der Waals surface area contributed by atoms with Crippen molar-refractivity contribution in [3.63, 3.8) is 0 Å². The largest absolute Gasteiger partial charge is 0.504 e. The Morgan fingerprint density at radius 2 is 2.38 bits per heavy atom. The highest BCUT2D eigenvalue weighted by atomic mass is 16.3. The molecule has 0 amide bonds. The molecule has 0 aliphatic rings. The quantitative estimate of drug-likeness (QED) is 0.591. The first kappa shape index (κ1) is 9.40. The van der Waals surface area contributed by atoms with Crippen LogP contribution in [0.2, 0.25) is 0 Å². The lowest BCUT2D eigenvalue weighted by Crippen LogP contribution is -2.23. The van der Waals surface area contributed by atoms with Gasteiger partial charge in [-0.1, -0.05) is 0 Å². The molecule has 13 heavy (non-hydrogen) atoms. The van der Waals surface area contributed by atoms with Crippen molar-refractivity contribution in [2.45, 2.75) is 6.92 Å². The predicted octanol–water partition coefficient (Wildman–Crippen LogP) is -0.691. The molecule has 0 atom stereocenters. The molecule has 1 rings (SSSR count). The van der Waals surface area contributed by atoms with Crippen molar-refractivity contribution in [3.05, 3.63) is 11.4 Å². The van der Waals surface area contributed by atoms with Gasteiger partial charge in [0.25, 0.3) is 5.91 Å². The number of carbonyl (C=O) groups is 2. The lowest BCUT2D eigenvalue weighted by atomic mass is 10.3. The number of rotatable bonds is 2. The summed E-state index contributed by atoms with van der Waals surface area (Å²) in [7, 11) is 0. The fourth-order valence-corrected chi connectivity index (χ4v) is 0.924.